The van der Waals surface area contributed by atoms with Crippen molar-refractivity contribution < 1.29 is 0 Å². The van der Waals surface area contributed by atoms with Crippen molar-refractivity contribution in [2.45, 2.75) is 13.0 Å². The highest BCUT2D eigenvalue weighted by atomic mass is 127. The molecule has 0 aliphatic rings. The molecule has 1 unspecified atom stereocenters. The molecule has 0 saturated carbocycles. The van der Waals surface area contributed by atoms with Gasteiger partial charge in [0.15, 0.2) is 0 Å². The fraction of sp³-hybridized carbons (Fsp3) is 0.273. The average molecular weight is 287 g/mol. The summed E-state index contributed by atoms with van der Waals surface area (Å²) in [4.78, 5) is 0. The number of hydrogen-bond donors (Lipinski definition) is 1. The lowest BCUT2D eigenvalue weighted by molar-refractivity contribution is 0.616. The van der Waals surface area contributed by atoms with Crippen molar-refractivity contribution in [1.29, 1.82) is 0 Å². The van der Waals surface area contributed by atoms with Crippen molar-refractivity contribution >= 4 is 22.6 Å². The van der Waals surface area contributed by atoms with Crippen LogP contribution >= 0.6 is 22.6 Å². The Kier molecular flexibility index (Phi) is 4.45. The van der Waals surface area contributed by atoms with Gasteiger partial charge in [-0.2, -0.15) is 0 Å². The maximum atomic E-state index is 3.84. The molecule has 2 heteroatoms. The molecule has 0 spiro atoms. The Bertz CT molecular complexity index is 269. The van der Waals surface area contributed by atoms with E-state index in [2.05, 4.69) is 65.7 Å². The topological polar surface area (TPSA) is 12.0 Å². The second-order valence-electron chi connectivity index (χ2n) is 3.03. The van der Waals surface area contributed by atoms with E-state index in [9.17, 15) is 0 Å². The van der Waals surface area contributed by atoms with Gasteiger partial charge in [0.05, 0.1) is 0 Å². The van der Waals surface area contributed by atoms with Crippen LogP contribution in [-0.2, 0) is 0 Å². The maximum absolute atomic E-state index is 3.84. The summed E-state index contributed by atoms with van der Waals surface area (Å²) in [7, 11) is 0. The van der Waals surface area contributed by atoms with Crippen LogP contribution in [0.3, 0.4) is 0 Å². The van der Waals surface area contributed by atoms with Crippen molar-refractivity contribution in [3.63, 3.8) is 0 Å². The van der Waals surface area contributed by atoms with Crippen molar-refractivity contribution in [3.8, 4) is 0 Å². The summed E-state index contributed by atoms with van der Waals surface area (Å²) >= 11 is 2.24. The number of halogens is 1. The Balaban J connectivity index is 2.49. The average Bonchev–Trinajstić information content (AvgIpc) is 2.15. The molecule has 1 aromatic rings. The third-order valence-electron chi connectivity index (χ3n) is 1.90. The first-order valence-corrected chi connectivity index (χ1v) is 5.39. The molecule has 70 valence electrons. The summed E-state index contributed by atoms with van der Waals surface area (Å²) in [6.45, 7) is 6.88. The predicted molar refractivity (Wildman–Crippen MR) is 66.0 cm³/mol. The zero-order valence-corrected chi connectivity index (χ0v) is 9.91. The Morgan fingerprint density at radius 2 is 2.08 bits per heavy atom. The molecule has 0 amide bonds. The van der Waals surface area contributed by atoms with Crippen LogP contribution in [0.5, 0.6) is 0 Å². The summed E-state index contributed by atoms with van der Waals surface area (Å²) in [6, 6.07) is 10.8. The minimum Gasteiger partial charge on any atom is -0.306 e. The van der Waals surface area contributed by atoms with Crippen LogP contribution in [0.1, 0.15) is 18.5 Å². The predicted octanol–water partition coefficient (Wildman–Crippen LogP) is 3.29. The first-order chi connectivity index (χ1) is 6.20. The van der Waals surface area contributed by atoms with Gasteiger partial charge in [-0.1, -0.05) is 36.9 Å². The van der Waals surface area contributed by atoms with Crippen molar-refractivity contribution in [2.24, 2.45) is 0 Å². The van der Waals surface area contributed by atoms with Crippen molar-refractivity contribution in [2.75, 3.05) is 6.54 Å². The van der Waals surface area contributed by atoms with Gasteiger partial charge in [-0.15, -0.1) is 0 Å². The molecule has 1 aromatic carbocycles. The number of hydrogen-bond acceptors (Lipinski definition) is 1. The van der Waals surface area contributed by atoms with E-state index in [-0.39, 0.29) is 0 Å². The minimum atomic E-state index is 0.396. The van der Waals surface area contributed by atoms with Crippen LogP contribution in [0, 0.1) is 0 Å². The third-order valence-corrected chi connectivity index (χ3v) is 2.28. The van der Waals surface area contributed by atoms with Crippen LogP contribution in [0.2, 0.25) is 0 Å². The standard InChI is InChI=1S/C11H14IN/c1-9(12)8-13-10(2)11-6-4-3-5-7-11/h3-7,10,13H,1,8H2,2H3. The van der Waals surface area contributed by atoms with Crippen molar-refractivity contribution in [1.82, 2.24) is 5.32 Å². The largest absolute Gasteiger partial charge is 0.306 e. The smallest absolute Gasteiger partial charge is 0.0295 e. The molecule has 0 fully saturated rings. The Labute approximate surface area is 93.4 Å². The van der Waals surface area contributed by atoms with Crippen LogP contribution in [0.4, 0.5) is 0 Å². The first-order valence-electron chi connectivity index (χ1n) is 4.32. The zero-order chi connectivity index (χ0) is 9.68. The lowest BCUT2D eigenvalue weighted by atomic mass is 10.1. The Morgan fingerprint density at radius 3 is 2.62 bits per heavy atom. The minimum absolute atomic E-state index is 0.396. The van der Waals surface area contributed by atoms with Gasteiger partial charge >= 0.3 is 0 Å². The maximum Gasteiger partial charge on any atom is 0.0295 e. The lowest BCUT2D eigenvalue weighted by Crippen LogP contribution is -2.19. The van der Waals surface area contributed by atoms with Gasteiger partial charge in [-0.3, -0.25) is 0 Å². The normalized spacial score (nSPS) is 12.5. The van der Waals surface area contributed by atoms with Gasteiger partial charge in [0.2, 0.25) is 0 Å². The monoisotopic (exact) mass is 287 g/mol. The van der Waals surface area contributed by atoms with Crippen molar-refractivity contribution in [3.05, 3.63) is 46.1 Å². The quantitative estimate of drug-likeness (QED) is 0.838. The van der Waals surface area contributed by atoms with E-state index in [1.807, 2.05) is 6.07 Å². The van der Waals surface area contributed by atoms with Gasteiger partial charge in [0.25, 0.3) is 0 Å². The molecule has 0 radical (unpaired) electrons. The number of nitrogens with one attached hydrogen (secondary N) is 1. The molecule has 13 heavy (non-hydrogen) atoms. The summed E-state index contributed by atoms with van der Waals surface area (Å²) in [5.74, 6) is 0. The van der Waals surface area contributed by atoms with Gasteiger partial charge in [-0.05, 0) is 38.7 Å². The van der Waals surface area contributed by atoms with Gasteiger partial charge in [-0.25, -0.2) is 0 Å². The van der Waals surface area contributed by atoms with E-state index in [4.69, 9.17) is 0 Å². The summed E-state index contributed by atoms with van der Waals surface area (Å²) < 4.78 is 1.14. The van der Waals surface area contributed by atoms with E-state index < -0.39 is 0 Å². The van der Waals surface area contributed by atoms with E-state index >= 15 is 0 Å². The number of rotatable bonds is 4. The van der Waals surface area contributed by atoms with Gasteiger partial charge in [0, 0.05) is 12.6 Å². The van der Waals surface area contributed by atoms with Crippen LogP contribution in [0.15, 0.2) is 40.5 Å². The Hall–Kier alpha value is -0.350. The molecule has 0 bridgehead atoms. The first kappa shape index (κ1) is 10.7. The van der Waals surface area contributed by atoms with Crippen LogP contribution < -0.4 is 5.32 Å². The molecule has 1 N–H and O–H groups in total. The van der Waals surface area contributed by atoms with Gasteiger partial charge in [0.1, 0.15) is 0 Å². The fourth-order valence-corrected chi connectivity index (χ4v) is 1.34. The molecule has 0 saturated heterocycles. The van der Waals surface area contributed by atoms with E-state index in [1.54, 1.807) is 0 Å². The highest BCUT2D eigenvalue weighted by Gasteiger charge is 2.02. The summed E-state index contributed by atoms with van der Waals surface area (Å²) in [5, 5.41) is 3.39. The zero-order valence-electron chi connectivity index (χ0n) is 7.76. The molecule has 1 atom stereocenters. The molecule has 1 nitrogen and oxygen atoms in total. The molecule has 0 aromatic heterocycles. The molecule has 0 aliphatic heterocycles. The highest BCUT2D eigenvalue weighted by molar-refractivity contribution is 14.1. The molecule has 1 rings (SSSR count). The fourth-order valence-electron chi connectivity index (χ4n) is 1.12. The van der Waals surface area contributed by atoms with E-state index in [0.717, 1.165) is 10.1 Å². The van der Waals surface area contributed by atoms with Gasteiger partial charge < -0.3 is 5.32 Å². The molecule has 0 heterocycles. The highest BCUT2D eigenvalue weighted by Crippen LogP contribution is 2.11. The third kappa shape index (κ3) is 3.91. The van der Waals surface area contributed by atoms with Crippen LogP contribution in [-0.4, -0.2) is 6.54 Å². The second-order valence-corrected chi connectivity index (χ2v) is 4.56. The lowest BCUT2D eigenvalue weighted by Gasteiger charge is -2.13. The number of benzene rings is 1. The molecular formula is C11H14IN. The summed E-state index contributed by atoms with van der Waals surface area (Å²) in [6.07, 6.45) is 0. The van der Waals surface area contributed by atoms with E-state index in [0.29, 0.717) is 6.04 Å². The SMILES string of the molecule is C=C(I)CNC(C)c1ccccc1. The molecular weight excluding hydrogens is 273 g/mol. The molecule has 0 aliphatic carbocycles. The van der Waals surface area contributed by atoms with Crippen LogP contribution in [0.25, 0.3) is 0 Å². The second kappa shape index (κ2) is 5.40. The Morgan fingerprint density at radius 1 is 1.46 bits per heavy atom. The van der Waals surface area contributed by atoms with E-state index in [1.165, 1.54) is 5.56 Å². The summed E-state index contributed by atoms with van der Waals surface area (Å²) in [5.41, 5.74) is 1.32.